The fraction of sp³-hybridized carbons (Fsp3) is 0.667. The molecule has 6 nitrogen and oxygen atoms in total. The molecule has 0 unspecified atom stereocenters. The third-order valence-corrected chi connectivity index (χ3v) is 5.35. The van der Waals surface area contributed by atoms with Crippen molar-refractivity contribution >= 4 is 15.8 Å². The number of nitrogens with zero attached hydrogens (tertiary/aromatic N) is 2. The van der Waals surface area contributed by atoms with Crippen LogP contribution in [0.4, 0.5) is 5.82 Å². The molecular weight excluding hydrogens is 302 g/mol. The Morgan fingerprint density at radius 3 is 2.59 bits per heavy atom. The third-order valence-electron chi connectivity index (χ3n) is 4.42. The average Bonchev–Trinajstić information content (AvgIpc) is 2.83. The van der Waals surface area contributed by atoms with E-state index in [0.29, 0.717) is 18.9 Å². The SMILES string of the molecule is CC1(C)CN(c2ncccc2S(N)(=O)=O)CC2(CCCC2)O1. The first-order valence-corrected chi connectivity index (χ1v) is 9.19. The topological polar surface area (TPSA) is 85.5 Å². The lowest BCUT2D eigenvalue weighted by Crippen LogP contribution is -2.59. The molecule has 0 amide bonds. The van der Waals surface area contributed by atoms with Crippen molar-refractivity contribution in [3.8, 4) is 0 Å². The fourth-order valence-corrected chi connectivity index (χ4v) is 4.49. The minimum absolute atomic E-state index is 0.0841. The molecule has 122 valence electrons. The number of pyridine rings is 1. The van der Waals surface area contributed by atoms with Gasteiger partial charge in [0.2, 0.25) is 10.0 Å². The highest BCUT2D eigenvalue weighted by atomic mass is 32.2. The average molecular weight is 325 g/mol. The van der Waals surface area contributed by atoms with Crippen molar-refractivity contribution in [2.75, 3.05) is 18.0 Å². The Bertz CT molecular complexity index is 666. The molecule has 1 spiro atoms. The van der Waals surface area contributed by atoms with Crippen molar-refractivity contribution in [2.45, 2.75) is 55.6 Å². The maximum atomic E-state index is 11.9. The summed E-state index contributed by atoms with van der Waals surface area (Å²) in [6.07, 6.45) is 5.91. The number of ether oxygens (including phenoxy) is 1. The van der Waals surface area contributed by atoms with Gasteiger partial charge < -0.3 is 9.64 Å². The quantitative estimate of drug-likeness (QED) is 0.894. The van der Waals surface area contributed by atoms with Crippen LogP contribution in [0.25, 0.3) is 0 Å². The first-order chi connectivity index (χ1) is 10.2. The van der Waals surface area contributed by atoms with E-state index in [4.69, 9.17) is 9.88 Å². The second-order valence-electron chi connectivity index (χ2n) is 6.98. The summed E-state index contributed by atoms with van der Waals surface area (Å²) >= 11 is 0. The second kappa shape index (κ2) is 5.18. The summed E-state index contributed by atoms with van der Waals surface area (Å²) < 4.78 is 30.1. The molecule has 1 saturated heterocycles. The standard InChI is InChI=1S/C15H23N3O3S/c1-14(2)10-18(11-15(21-14)7-3-4-8-15)13-12(22(16,19)20)6-5-9-17-13/h5-6,9H,3-4,7-8,10-11H2,1-2H3,(H2,16,19,20). The van der Waals surface area contributed by atoms with Crippen molar-refractivity contribution in [3.63, 3.8) is 0 Å². The highest BCUT2D eigenvalue weighted by Crippen LogP contribution is 2.42. The van der Waals surface area contributed by atoms with Crippen molar-refractivity contribution < 1.29 is 13.2 Å². The molecule has 1 aromatic heterocycles. The zero-order chi connectivity index (χ0) is 16.0. The van der Waals surface area contributed by atoms with Crippen molar-refractivity contribution in [1.29, 1.82) is 0 Å². The van der Waals surface area contributed by atoms with Gasteiger partial charge in [0.05, 0.1) is 11.2 Å². The summed E-state index contributed by atoms with van der Waals surface area (Å²) in [5, 5.41) is 5.35. The van der Waals surface area contributed by atoms with Crippen LogP contribution in [0.15, 0.2) is 23.2 Å². The van der Waals surface area contributed by atoms with Crippen molar-refractivity contribution in [3.05, 3.63) is 18.3 Å². The van der Waals surface area contributed by atoms with E-state index < -0.39 is 10.0 Å². The number of primary sulfonamides is 1. The number of anilines is 1. The molecule has 2 aliphatic rings. The van der Waals surface area contributed by atoms with E-state index in [0.717, 1.165) is 25.7 Å². The maximum absolute atomic E-state index is 11.9. The van der Waals surface area contributed by atoms with Crippen molar-refractivity contribution in [1.82, 2.24) is 4.98 Å². The number of sulfonamides is 1. The highest BCUT2D eigenvalue weighted by Gasteiger charge is 2.46. The second-order valence-corrected chi connectivity index (χ2v) is 8.51. The minimum atomic E-state index is -3.80. The minimum Gasteiger partial charge on any atom is -0.365 e. The summed E-state index contributed by atoms with van der Waals surface area (Å²) in [5.41, 5.74) is -0.551. The molecule has 0 aromatic carbocycles. The lowest BCUT2D eigenvalue weighted by Gasteiger charge is -2.49. The molecule has 2 heterocycles. The molecular formula is C15H23N3O3S. The molecule has 2 fully saturated rings. The van der Waals surface area contributed by atoms with E-state index in [-0.39, 0.29) is 16.1 Å². The first kappa shape index (κ1) is 15.7. The molecule has 1 saturated carbocycles. The molecule has 0 bridgehead atoms. The van der Waals surface area contributed by atoms with Gasteiger partial charge in [-0.15, -0.1) is 0 Å². The molecule has 1 aliphatic heterocycles. The summed E-state index contributed by atoms with van der Waals surface area (Å²) in [7, 11) is -3.80. The Hall–Kier alpha value is -1.18. The molecule has 1 aromatic rings. The van der Waals surface area contributed by atoms with Gasteiger partial charge in [0, 0.05) is 19.3 Å². The van der Waals surface area contributed by atoms with Crippen LogP contribution in [0.2, 0.25) is 0 Å². The Morgan fingerprint density at radius 1 is 1.27 bits per heavy atom. The number of hydrogen-bond acceptors (Lipinski definition) is 5. The maximum Gasteiger partial charge on any atom is 0.241 e. The lowest BCUT2D eigenvalue weighted by atomic mass is 9.94. The van der Waals surface area contributed by atoms with E-state index in [9.17, 15) is 8.42 Å². The summed E-state index contributed by atoms with van der Waals surface area (Å²) in [4.78, 5) is 6.41. The van der Waals surface area contributed by atoms with Gasteiger partial charge in [0.25, 0.3) is 0 Å². The summed E-state index contributed by atoms with van der Waals surface area (Å²) in [6, 6.07) is 3.11. The number of morpholine rings is 1. The van der Waals surface area contributed by atoms with Crippen LogP contribution in [-0.2, 0) is 14.8 Å². The Morgan fingerprint density at radius 2 is 1.95 bits per heavy atom. The molecule has 7 heteroatoms. The molecule has 1 aliphatic carbocycles. The Kier molecular flexibility index (Phi) is 3.70. The largest absolute Gasteiger partial charge is 0.365 e. The molecule has 2 N–H and O–H groups in total. The van der Waals surface area contributed by atoms with E-state index >= 15 is 0 Å². The van der Waals surface area contributed by atoms with E-state index in [1.165, 1.54) is 6.07 Å². The van der Waals surface area contributed by atoms with Crippen LogP contribution in [-0.4, -0.2) is 37.7 Å². The van der Waals surface area contributed by atoms with Gasteiger partial charge in [-0.25, -0.2) is 18.5 Å². The van der Waals surface area contributed by atoms with Gasteiger partial charge in [-0.2, -0.15) is 0 Å². The number of hydrogen-bond donors (Lipinski definition) is 1. The third kappa shape index (κ3) is 2.98. The van der Waals surface area contributed by atoms with E-state index in [1.54, 1.807) is 12.3 Å². The zero-order valence-electron chi connectivity index (χ0n) is 13.1. The van der Waals surface area contributed by atoms with E-state index in [2.05, 4.69) is 4.98 Å². The van der Waals surface area contributed by atoms with Crippen LogP contribution in [0.5, 0.6) is 0 Å². The normalized spacial score (nSPS) is 23.9. The van der Waals surface area contributed by atoms with Gasteiger partial charge in [-0.1, -0.05) is 12.8 Å². The van der Waals surface area contributed by atoms with Crippen LogP contribution in [0.3, 0.4) is 0 Å². The molecule has 3 rings (SSSR count). The fourth-order valence-electron chi connectivity index (χ4n) is 3.79. The van der Waals surface area contributed by atoms with Gasteiger partial charge in [-0.3, -0.25) is 0 Å². The Balaban J connectivity index is 2.01. The van der Waals surface area contributed by atoms with Gasteiger partial charge in [0.15, 0.2) is 0 Å². The predicted molar refractivity (Wildman–Crippen MR) is 84.2 cm³/mol. The van der Waals surface area contributed by atoms with Crippen molar-refractivity contribution in [2.24, 2.45) is 5.14 Å². The van der Waals surface area contributed by atoms with Crippen LogP contribution >= 0.6 is 0 Å². The molecule has 0 radical (unpaired) electrons. The lowest BCUT2D eigenvalue weighted by molar-refractivity contribution is -0.148. The Labute approximate surface area is 131 Å². The summed E-state index contributed by atoms with van der Waals surface area (Å²) in [6.45, 7) is 5.34. The number of rotatable bonds is 2. The molecule has 22 heavy (non-hydrogen) atoms. The smallest absolute Gasteiger partial charge is 0.241 e. The number of nitrogens with two attached hydrogens (primary N) is 1. The molecule has 0 atom stereocenters. The predicted octanol–water partition coefficient (Wildman–Crippen LogP) is 1.66. The van der Waals surface area contributed by atoms with Crippen LogP contribution < -0.4 is 10.0 Å². The van der Waals surface area contributed by atoms with Crippen LogP contribution in [0.1, 0.15) is 39.5 Å². The zero-order valence-corrected chi connectivity index (χ0v) is 13.9. The van der Waals surface area contributed by atoms with E-state index in [1.807, 2.05) is 18.7 Å². The number of aromatic nitrogens is 1. The van der Waals surface area contributed by atoms with Crippen LogP contribution in [0, 0.1) is 0 Å². The summed E-state index contributed by atoms with van der Waals surface area (Å²) in [5.74, 6) is 0.438. The highest BCUT2D eigenvalue weighted by molar-refractivity contribution is 7.89. The van der Waals surface area contributed by atoms with Gasteiger partial charge >= 0.3 is 0 Å². The first-order valence-electron chi connectivity index (χ1n) is 7.64. The monoisotopic (exact) mass is 325 g/mol. The van der Waals surface area contributed by atoms with Gasteiger partial charge in [-0.05, 0) is 38.8 Å². The van der Waals surface area contributed by atoms with Gasteiger partial charge in [0.1, 0.15) is 10.7 Å².